The van der Waals surface area contributed by atoms with Gasteiger partial charge in [-0.05, 0) is 37.1 Å². The molecule has 0 radical (unpaired) electrons. The van der Waals surface area contributed by atoms with Gasteiger partial charge in [0.2, 0.25) is 0 Å². The van der Waals surface area contributed by atoms with E-state index in [0.717, 1.165) is 0 Å². The van der Waals surface area contributed by atoms with Crippen LogP contribution in [0.15, 0.2) is 17.0 Å². The van der Waals surface area contributed by atoms with Crippen molar-refractivity contribution in [3.05, 3.63) is 23.3 Å². The number of carbonyl (C=O) groups is 1. The van der Waals surface area contributed by atoms with E-state index in [1.165, 1.54) is 12.1 Å². The van der Waals surface area contributed by atoms with Crippen LogP contribution < -0.4 is 10.1 Å². The topological polar surface area (TPSA) is 96.3 Å². The predicted molar refractivity (Wildman–Crippen MR) is 73.1 cm³/mol. The molecular weight excluding hydrogens is 304 g/mol. The first-order valence-electron chi connectivity index (χ1n) is 5.58. The molecule has 0 saturated carbocycles. The first-order chi connectivity index (χ1) is 9.27. The second-order valence-corrected chi connectivity index (χ2v) is 6.51. The third kappa shape index (κ3) is 4.11. The fraction of sp³-hybridized carbons (Fsp3) is 0.333. The van der Waals surface area contributed by atoms with E-state index in [0.29, 0.717) is 16.9 Å². The Hall–Kier alpha value is -1.78. The first kappa shape index (κ1) is 16.3. The van der Waals surface area contributed by atoms with Crippen molar-refractivity contribution in [3.63, 3.8) is 0 Å². The molecule has 1 rings (SSSR count). The van der Waals surface area contributed by atoms with Gasteiger partial charge < -0.3 is 10.1 Å². The van der Waals surface area contributed by atoms with Gasteiger partial charge in [0.25, 0.3) is 15.0 Å². The van der Waals surface area contributed by atoms with E-state index >= 15 is 0 Å². The third-order valence-electron chi connectivity index (χ3n) is 2.67. The Balaban J connectivity index is 2.87. The highest BCUT2D eigenvalue weighted by Crippen LogP contribution is 2.28. The maximum absolute atomic E-state index is 11.3. The molecule has 1 aromatic rings. The Labute approximate surface area is 121 Å². The first-order valence-corrected chi connectivity index (χ1v) is 7.89. The number of hydrogen-bond acceptors (Lipinski definition) is 5. The summed E-state index contributed by atoms with van der Waals surface area (Å²) < 4.78 is 27.9. The molecule has 0 aliphatic carbocycles. The molecule has 0 aliphatic rings. The van der Waals surface area contributed by atoms with Crippen LogP contribution in [-0.2, 0) is 13.8 Å². The summed E-state index contributed by atoms with van der Waals surface area (Å²) in [5, 5.41) is 10.6. The number of benzene rings is 1. The molecular formula is C12H13ClN2O4S. The lowest BCUT2D eigenvalue weighted by molar-refractivity contribution is -0.122. The van der Waals surface area contributed by atoms with Gasteiger partial charge in [0.05, 0.1) is 11.0 Å². The highest BCUT2D eigenvalue weighted by atomic mass is 35.7. The van der Waals surface area contributed by atoms with Crippen LogP contribution in [0.5, 0.6) is 5.75 Å². The van der Waals surface area contributed by atoms with E-state index < -0.39 is 15.0 Å². The van der Waals surface area contributed by atoms with E-state index in [1.54, 1.807) is 19.9 Å². The van der Waals surface area contributed by atoms with Crippen LogP contribution >= 0.6 is 10.7 Å². The molecule has 6 nitrogen and oxygen atoms in total. The van der Waals surface area contributed by atoms with E-state index in [9.17, 15) is 13.2 Å². The highest BCUT2D eigenvalue weighted by molar-refractivity contribution is 8.13. The van der Waals surface area contributed by atoms with Crippen LogP contribution in [0, 0.1) is 25.2 Å². The fourth-order valence-corrected chi connectivity index (χ4v) is 2.77. The zero-order chi connectivity index (χ0) is 15.3. The second-order valence-electron chi connectivity index (χ2n) is 3.97. The minimum absolute atomic E-state index is 0.0120. The molecule has 1 amide bonds. The standard InChI is InChI=1S/C12H13ClN2O4S/c1-8-9(2)11(20(13,17)18)4-3-10(8)19-7-12(16)15-6-5-14/h3-4H,6-7H2,1-2H3,(H,15,16). The van der Waals surface area contributed by atoms with Gasteiger partial charge in [0, 0.05) is 10.7 Å². The van der Waals surface area contributed by atoms with Gasteiger partial charge in [-0.3, -0.25) is 4.79 Å². The highest BCUT2D eigenvalue weighted by Gasteiger charge is 2.17. The van der Waals surface area contributed by atoms with E-state index in [1.807, 2.05) is 0 Å². The molecule has 0 saturated heterocycles. The lowest BCUT2D eigenvalue weighted by Crippen LogP contribution is -2.29. The number of nitrogens with zero attached hydrogens (tertiary/aromatic N) is 1. The minimum Gasteiger partial charge on any atom is -0.483 e. The van der Waals surface area contributed by atoms with Gasteiger partial charge in [-0.15, -0.1) is 0 Å². The summed E-state index contributed by atoms with van der Waals surface area (Å²) in [5.74, 6) is -0.0451. The molecule has 0 heterocycles. The Morgan fingerprint density at radius 2 is 2.05 bits per heavy atom. The Kier molecular flexibility index (Phi) is 5.36. The molecule has 0 atom stereocenters. The number of halogens is 1. The summed E-state index contributed by atoms with van der Waals surface area (Å²) in [6.07, 6.45) is 0. The van der Waals surface area contributed by atoms with Gasteiger partial charge in [0.1, 0.15) is 12.3 Å². The fourth-order valence-electron chi connectivity index (χ4n) is 1.52. The summed E-state index contributed by atoms with van der Waals surface area (Å²) >= 11 is 0. The maximum atomic E-state index is 11.3. The number of hydrogen-bond donors (Lipinski definition) is 1. The largest absolute Gasteiger partial charge is 0.483 e. The van der Waals surface area contributed by atoms with E-state index in [2.05, 4.69) is 5.32 Å². The normalized spacial score (nSPS) is 10.7. The van der Waals surface area contributed by atoms with Gasteiger partial charge >= 0.3 is 0 Å². The molecule has 0 spiro atoms. The molecule has 108 valence electrons. The number of rotatable bonds is 5. The van der Waals surface area contributed by atoms with Crippen LogP contribution in [0.2, 0.25) is 0 Å². The van der Waals surface area contributed by atoms with Crippen LogP contribution in [-0.4, -0.2) is 27.5 Å². The van der Waals surface area contributed by atoms with Crippen molar-refractivity contribution in [2.75, 3.05) is 13.2 Å². The molecule has 0 aromatic heterocycles. The molecule has 20 heavy (non-hydrogen) atoms. The number of nitriles is 1. The van der Waals surface area contributed by atoms with Crippen LogP contribution in [0.3, 0.4) is 0 Å². The van der Waals surface area contributed by atoms with Crippen LogP contribution in [0.1, 0.15) is 11.1 Å². The van der Waals surface area contributed by atoms with Gasteiger partial charge in [-0.25, -0.2) is 8.42 Å². The number of amides is 1. The van der Waals surface area contributed by atoms with Crippen molar-refractivity contribution in [1.82, 2.24) is 5.32 Å². The Morgan fingerprint density at radius 3 is 2.60 bits per heavy atom. The number of nitrogens with one attached hydrogen (secondary N) is 1. The lowest BCUT2D eigenvalue weighted by Gasteiger charge is -2.12. The molecule has 0 aliphatic heterocycles. The Bertz CT molecular complexity index is 665. The second kappa shape index (κ2) is 6.59. The molecule has 1 aromatic carbocycles. The monoisotopic (exact) mass is 316 g/mol. The van der Waals surface area contributed by atoms with Crippen molar-refractivity contribution in [2.24, 2.45) is 0 Å². The lowest BCUT2D eigenvalue weighted by atomic mass is 10.1. The molecule has 8 heteroatoms. The molecule has 0 unspecified atom stereocenters. The van der Waals surface area contributed by atoms with E-state index in [-0.39, 0.29) is 18.0 Å². The predicted octanol–water partition coefficient (Wildman–Crippen LogP) is 1.25. The summed E-state index contributed by atoms with van der Waals surface area (Å²) in [4.78, 5) is 11.3. The van der Waals surface area contributed by atoms with Crippen molar-refractivity contribution in [3.8, 4) is 11.8 Å². The van der Waals surface area contributed by atoms with Gasteiger partial charge in [0.15, 0.2) is 6.61 Å². The Morgan fingerprint density at radius 1 is 1.40 bits per heavy atom. The summed E-state index contributed by atoms with van der Waals surface area (Å²) in [6, 6.07) is 4.54. The quantitative estimate of drug-likeness (QED) is 0.651. The maximum Gasteiger partial charge on any atom is 0.261 e. The molecule has 0 bridgehead atoms. The summed E-state index contributed by atoms with van der Waals surface area (Å²) in [5.41, 5.74) is 1.05. The van der Waals surface area contributed by atoms with Crippen molar-refractivity contribution in [1.29, 1.82) is 5.26 Å². The zero-order valence-corrected chi connectivity index (χ0v) is 12.5. The summed E-state index contributed by atoms with van der Waals surface area (Å²) in [7, 11) is 1.49. The zero-order valence-electron chi connectivity index (χ0n) is 10.9. The third-order valence-corrected chi connectivity index (χ3v) is 4.14. The molecule has 0 fully saturated rings. The van der Waals surface area contributed by atoms with Gasteiger partial charge in [-0.2, -0.15) is 5.26 Å². The van der Waals surface area contributed by atoms with Crippen LogP contribution in [0.4, 0.5) is 0 Å². The van der Waals surface area contributed by atoms with Crippen LogP contribution in [0.25, 0.3) is 0 Å². The average Bonchev–Trinajstić information content (AvgIpc) is 2.36. The molecule has 1 N–H and O–H groups in total. The number of ether oxygens (including phenoxy) is 1. The van der Waals surface area contributed by atoms with Crippen molar-refractivity contribution < 1.29 is 17.9 Å². The minimum atomic E-state index is -3.81. The summed E-state index contributed by atoms with van der Waals surface area (Å²) in [6.45, 7) is 2.93. The average molecular weight is 317 g/mol. The SMILES string of the molecule is Cc1c(OCC(=O)NCC#N)ccc(S(=O)(=O)Cl)c1C. The van der Waals surface area contributed by atoms with Gasteiger partial charge in [-0.1, -0.05) is 0 Å². The smallest absolute Gasteiger partial charge is 0.261 e. The van der Waals surface area contributed by atoms with Crippen molar-refractivity contribution >= 4 is 25.6 Å². The number of carbonyl (C=O) groups excluding carboxylic acids is 1. The van der Waals surface area contributed by atoms with Crippen molar-refractivity contribution in [2.45, 2.75) is 18.7 Å². The van der Waals surface area contributed by atoms with E-state index in [4.69, 9.17) is 20.7 Å².